The highest BCUT2D eigenvalue weighted by Gasteiger charge is 2.17. The number of methoxy groups -OCH3 is 1. The van der Waals surface area contributed by atoms with Gasteiger partial charge in [-0.2, -0.15) is 0 Å². The van der Waals surface area contributed by atoms with Gasteiger partial charge in [0.15, 0.2) is 0 Å². The summed E-state index contributed by atoms with van der Waals surface area (Å²) in [6, 6.07) is 3.33. The fourth-order valence-corrected chi connectivity index (χ4v) is 1.14. The first kappa shape index (κ1) is 11.5. The van der Waals surface area contributed by atoms with Crippen LogP contribution in [0.15, 0.2) is 18.2 Å². The van der Waals surface area contributed by atoms with E-state index in [1.54, 1.807) is 0 Å². The fraction of sp³-hybridized carbons (Fsp3) is 0.300. The van der Waals surface area contributed by atoms with Crippen molar-refractivity contribution in [1.82, 2.24) is 0 Å². The van der Waals surface area contributed by atoms with Crippen molar-refractivity contribution in [1.29, 1.82) is 0 Å². The molecule has 0 unspecified atom stereocenters. The third-order valence-electron chi connectivity index (χ3n) is 1.93. The Hall–Kier alpha value is -1.62. The van der Waals surface area contributed by atoms with Gasteiger partial charge < -0.3 is 14.9 Å². The lowest BCUT2D eigenvalue weighted by Gasteiger charge is -2.10. The molecular formula is C10H11FO4. The fourth-order valence-electron chi connectivity index (χ4n) is 1.14. The summed E-state index contributed by atoms with van der Waals surface area (Å²) >= 11 is 0. The molecule has 0 fully saturated rings. The molecule has 2 N–H and O–H groups in total. The first-order valence-corrected chi connectivity index (χ1v) is 4.28. The Balaban J connectivity index is 2.82. The predicted octanol–water partition coefficient (Wildman–Crippen LogP) is 1.13. The maximum Gasteiger partial charge on any atom is 0.308 e. The summed E-state index contributed by atoms with van der Waals surface area (Å²) in [5, 5.41) is 18.4. The molecule has 0 saturated heterocycles. The third kappa shape index (κ3) is 2.92. The minimum Gasteiger partial charge on any atom is -0.508 e. The molecule has 4 nitrogen and oxygen atoms in total. The van der Waals surface area contributed by atoms with Crippen molar-refractivity contribution in [2.45, 2.75) is 12.5 Å². The van der Waals surface area contributed by atoms with E-state index in [0.717, 1.165) is 6.07 Å². The Morgan fingerprint density at radius 2 is 2.27 bits per heavy atom. The number of benzene rings is 1. The summed E-state index contributed by atoms with van der Waals surface area (Å²) < 4.78 is 17.5. The monoisotopic (exact) mass is 214 g/mol. The highest BCUT2D eigenvalue weighted by molar-refractivity contribution is 5.70. The molecule has 1 atom stereocenters. The first-order valence-electron chi connectivity index (χ1n) is 4.28. The molecule has 15 heavy (non-hydrogen) atoms. The zero-order valence-corrected chi connectivity index (χ0v) is 8.11. The number of phenolic OH excluding ortho intramolecular Hbond substituents is 1. The molecular weight excluding hydrogens is 203 g/mol. The third-order valence-corrected chi connectivity index (χ3v) is 1.93. The standard InChI is InChI=1S/C10H11FO4/c1-15-10(14)5-9(13)7-3-2-6(12)4-8(7)11/h2-4,9,12-13H,5H2,1H3/t9-/m1/s1. The lowest BCUT2D eigenvalue weighted by atomic mass is 10.1. The predicted molar refractivity (Wildman–Crippen MR) is 49.7 cm³/mol. The minimum absolute atomic E-state index is 0.0433. The number of rotatable bonds is 3. The van der Waals surface area contributed by atoms with Gasteiger partial charge in [-0.1, -0.05) is 0 Å². The summed E-state index contributed by atoms with van der Waals surface area (Å²) in [6.45, 7) is 0. The topological polar surface area (TPSA) is 66.8 Å². The number of aliphatic hydroxyl groups is 1. The molecule has 0 spiro atoms. The number of hydrogen-bond acceptors (Lipinski definition) is 4. The zero-order chi connectivity index (χ0) is 11.4. The Kier molecular flexibility index (Phi) is 3.62. The van der Waals surface area contributed by atoms with Crippen molar-refractivity contribution in [3.05, 3.63) is 29.6 Å². The molecule has 0 aliphatic rings. The van der Waals surface area contributed by atoms with E-state index in [9.17, 15) is 14.3 Å². The maximum absolute atomic E-state index is 13.2. The number of aromatic hydroxyl groups is 1. The SMILES string of the molecule is COC(=O)C[C@@H](O)c1ccc(O)cc1F. The Labute approximate surface area is 85.9 Å². The zero-order valence-electron chi connectivity index (χ0n) is 8.11. The summed E-state index contributed by atoms with van der Waals surface area (Å²) in [4.78, 5) is 10.8. The van der Waals surface area contributed by atoms with Gasteiger partial charge in [0.05, 0.1) is 19.6 Å². The smallest absolute Gasteiger partial charge is 0.308 e. The molecule has 0 aliphatic carbocycles. The number of aliphatic hydroxyl groups excluding tert-OH is 1. The van der Waals surface area contributed by atoms with E-state index in [1.165, 1.54) is 19.2 Å². The summed E-state index contributed by atoms with van der Waals surface area (Å²) in [5.74, 6) is -1.62. The van der Waals surface area contributed by atoms with Crippen molar-refractivity contribution in [2.24, 2.45) is 0 Å². The van der Waals surface area contributed by atoms with E-state index >= 15 is 0 Å². The first-order chi connectivity index (χ1) is 7.04. The number of hydrogen-bond donors (Lipinski definition) is 2. The van der Waals surface area contributed by atoms with Crippen LogP contribution in [0.5, 0.6) is 5.75 Å². The number of halogens is 1. The molecule has 0 bridgehead atoms. The van der Waals surface area contributed by atoms with Crippen molar-refractivity contribution >= 4 is 5.97 Å². The van der Waals surface area contributed by atoms with Crippen LogP contribution >= 0.6 is 0 Å². The van der Waals surface area contributed by atoms with Crippen LogP contribution in [0.3, 0.4) is 0 Å². The molecule has 0 heterocycles. The van der Waals surface area contributed by atoms with Crippen LogP contribution in [-0.2, 0) is 9.53 Å². The number of ether oxygens (including phenoxy) is 1. The van der Waals surface area contributed by atoms with Gasteiger partial charge in [-0.25, -0.2) is 4.39 Å². The van der Waals surface area contributed by atoms with Gasteiger partial charge in [0.1, 0.15) is 11.6 Å². The van der Waals surface area contributed by atoms with Gasteiger partial charge in [-0.15, -0.1) is 0 Å². The van der Waals surface area contributed by atoms with Crippen molar-refractivity contribution in [2.75, 3.05) is 7.11 Å². The van der Waals surface area contributed by atoms with Gasteiger partial charge >= 0.3 is 5.97 Å². The average Bonchev–Trinajstić information content (AvgIpc) is 2.17. The lowest BCUT2D eigenvalue weighted by Crippen LogP contribution is -2.09. The Bertz CT molecular complexity index is 364. The molecule has 0 amide bonds. The van der Waals surface area contributed by atoms with Crippen molar-refractivity contribution < 1.29 is 24.1 Å². The number of esters is 1. The van der Waals surface area contributed by atoms with E-state index in [0.29, 0.717) is 0 Å². The quantitative estimate of drug-likeness (QED) is 0.740. The highest BCUT2D eigenvalue weighted by atomic mass is 19.1. The van der Waals surface area contributed by atoms with Gasteiger partial charge in [0.2, 0.25) is 0 Å². The number of carbonyl (C=O) groups is 1. The molecule has 82 valence electrons. The Morgan fingerprint density at radius 1 is 1.60 bits per heavy atom. The van der Waals surface area contributed by atoms with Crippen LogP contribution in [-0.4, -0.2) is 23.3 Å². The molecule has 1 aromatic rings. The molecule has 0 radical (unpaired) electrons. The van der Waals surface area contributed by atoms with E-state index in [-0.39, 0.29) is 17.7 Å². The number of carbonyl (C=O) groups excluding carboxylic acids is 1. The molecule has 5 heteroatoms. The van der Waals surface area contributed by atoms with Crippen LogP contribution < -0.4 is 0 Å². The second-order valence-corrected chi connectivity index (χ2v) is 3.00. The molecule has 0 saturated carbocycles. The number of phenols is 1. The van der Waals surface area contributed by atoms with Crippen molar-refractivity contribution in [3.8, 4) is 5.75 Å². The molecule has 0 aromatic heterocycles. The summed E-state index contributed by atoms with van der Waals surface area (Å²) in [5.41, 5.74) is -0.0433. The second kappa shape index (κ2) is 4.75. The van der Waals surface area contributed by atoms with Crippen molar-refractivity contribution in [3.63, 3.8) is 0 Å². The van der Waals surface area contributed by atoms with Crippen LogP contribution in [0.2, 0.25) is 0 Å². The lowest BCUT2D eigenvalue weighted by molar-refractivity contribution is -0.142. The van der Waals surface area contributed by atoms with Gasteiger partial charge in [-0.3, -0.25) is 4.79 Å². The van der Waals surface area contributed by atoms with Crippen LogP contribution in [0.25, 0.3) is 0 Å². The van der Waals surface area contributed by atoms with E-state index in [1.807, 2.05) is 0 Å². The largest absolute Gasteiger partial charge is 0.508 e. The average molecular weight is 214 g/mol. The highest BCUT2D eigenvalue weighted by Crippen LogP contribution is 2.23. The summed E-state index contributed by atoms with van der Waals surface area (Å²) in [7, 11) is 1.18. The summed E-state index contributed by atoms with van der Waals surface area (Å²) in [6.07, 6.45) is -1.59. The minimum atomic E-state index is -1.27. The van der Waals surface area contributed by atoms with Gasteiger partial charge in [-0.05, 0) is 12.1 Å². The molecule has 0 aliphatic heterocycles. The maximum atomic E-state index is 13.2. The second-order valence-electron chi connectivity index (χ2n) is 3.00. The van der Waals surface area contributed by atoms with Crippen LogP contribution in [0.1, 0.15) is 18.1 Å². The normalized spacial score (nSPS) is 12.2. The van der Waals surface area contributed by atoms with Gasteiger partial charge in [0, 0.05) is 11.6 Å². The van der Waals surface area contributed by atoms with Crippen LogP contribution in [0, 0.1) is 5.82 Å². The van der Waals surface area contributed by atoms with E-state index in [4.69, 9.17) is 5.11 Å². The Morgan fingerprint density at radius 3 is 2.80 bits per heavy atom. The van der Waals surface area contributed by atoms with E-state index < -0.39 is 17.9 Å². The molecule has 1 aromatic carbocycles. The van der Waals surface area contributed by atoms with E-state index in [2.05, 4.69) is 4.74 Å². The molecule has 1 rings (SSSR count). The van der Waals surface area contributed by atoms with Gasteiger partial charge in [0.25, 0.3) is 0 Å². The van der Waals surface area contributed by atoms with Crippen LogP contribution in [0.4, 0.5) is 4.39 Å².